The summed E-state index contributed by atoms with van der Waals surface area (Å²) in [6.45, 7) is 0.512. The molecule has 0 radical (unpaired) electrons. The van der Waals surface area contributed by atoms with Crippen LogP contribution in [0.25, 0.3) is 0 Å². The number of fused-ring (bicyclic) bond motifs is 1. The summed E-state index contributed by atoms with van der Waals surface area (Å²) in [7, 11) is 0. The fourth-order valence-corrected chi connectivity index (χ4v) is 4.73. The Morgan fingerprint density at radius 3 is 2.51 bits per heavy atom. The van der Waals surface area contributed by atoms with Crippen molar-refractivity contribution in [2.45, 2.75) is 43.7 Å². The van der Waals surface area contributed by atoms with Crippen LogP contribution in [-0.4, -0.2) is 35.1 Å². The van der Waals surface area contributed by atoms with Gasteiger partial charge in [-0.1, -0.05) is 17.7 Å². The summed E-state index contributed by atoms with van der Waals surface area (Å²) in [5, 5.41) is 12.5. The minimum Gasteiger partial charge on any atom is -0.493 e. The second kappa shape index (κ2) is 10.8. The fraction of sp³-hybridized carbons (Fsp3) is 0.321. The molecule has 1 fully saturated rings. The number of amides is 1. The van der Waals surface area contributed by atoms with Crippen LogP contribution in [0.15, 0.2) is 48.5 Å². The van der Waals surface area contributed by atoms with Crippen molar-refractivity contribution in [3.8, 4) is 17.2 Å². The summed E-state index contributed by atoms with van der Waals surface area (Å²) in [6.07, 6.45) is -2.14. The average molecular weight is 561 g/mol. The lowest BCUT2D eigenvalue weighted by atomic mass is 9.93. The Bertz CT molecular complexity index is 1410. The molecule has 1 saturated carbocycles. The normalized spacial score (nSPS) is 16.7. The van der Waals surface area contributed by atoms with E-state index in [4.69, 9.17) is 21.1 Å². The zero-order valence-corrected chi connectivity index (χ0v) is 21.3. The third kappa shape index (κ3) is 6.11. The first-order valence-electron chi connectivity index (χ1n) is 12.4. The van der Waals surface area contributed by atoms with Crippen molar-refractivity contribution in [2.24, 2.45) is 0 Å². The third-order valence-corrected chi connectivity index (χ3v) is 6.99. The van der Waals surface area contributed by atoms with Gasteiger partial charge >= 0.3 is 12.1 Å². The highest BCUT2D eigenvalue weighted by Crippen LogP contribution is 2.43. The molecular weight excluding hydrogens is 537 g/mol. The second-order valence-electron chi connectivity index (χ2n) is 9.49. The Labute approximate surface area is 226 Å². The van der Waals surface area contributed by atoms with Crippen molar-refractivity contribution >= 4 is 23.5 Å². The minimum atomic E-state index is -4.49. The molecule has 0 saturated heterocycles. The molecule has 11 heteroatoms. The average Bonchev–Trinajstić information content (AvgIpc) is 3.74. The lowest BCUT2D eigenvalue weighted by Crippen LogP contribution is -2.26. The van der Waals surface area contributed by atoms with Crippen molar-refractivity contribution in [1.29, 1.82) is 0 Å². The first kappa shape index (κ1) is 26.8. The Kier molecular flexibility index (Phi) is 7.40. The van der Waals surface area contributed by atoms with Gasteiger partial charge in [-0.25, -0.2) is 4.98 Å². The Morgan fingerprint density at radius 2 is 1.85 bits per heavy atom. The summed E-state index contributed by atoms with van der Waals surface area (Å²) in [5.74, 6) is -0.851. The van der Waals surface area contributed by atoms with Gasteiger partial charge < -0.3 is 19.9 Å². The van der Waals surface area contributed by atoms with Crippen LogP contribution >= 0.6 is 11.6 Å². The van der Waals surface area contributed by atoms with Crippen molar-refractivity contribution in [2.75, 3.05) is 13.2 Å². The van der Waals surface area contributed by atoms with Gasteiger partial charge in [0.2, 0.25) is 0 Å². The smallest absolute Gasteiger partial charge is 0.433 e. The van der Waals surface area contributed by atoms with Gasteiger partial charge in [-0.15, -0.1) is 0 Å². The molecule has 2 aromatic carbocycles. The summed E-state index contributed by atoms with van der Waals surface area (Å²) in [4.78, 5) is 28.0. The molecule has 0 spiro atoms. The molecule has 5 rings (SSSR count). The summed E-state index contributed by atoms with van der Waals surface area (Å²) >= 11 is 6.34. The molecule has 204 valence electrons. The van der Waals surface area contributed by atoms with Gasteiger partial charge in [0.1, 0.15) is 22.9 Å². The van der Waals surface area contributed by atoms with E-state index in [9.17, 15) is 27.9 Å². The molecule has 3 aromatic rings. The van der Waals surface area contributed by atoms with Gasteiger partial charge in [0.25, 0.3) is 5.91 Å². The maximum atomic E-state index is 13.0. The number of hydrogen-bond acceptors (Lipinski definition) is 5. The number of halogens is 4. The highest BCUT2D eigenvalue weighted by Gasteiger charge is 2.35. The molecule has 1 unspecified atom stereocenters. The molecule has 1 atom stereocenters. The van der Waals surface area contributed by atoms with Crippen molar-refractivity contribution in [1.82, 2.24) is 10.3 Å². The number of hydrogen-bond donors (Lipinski definition) is 2. The first-order valence-corrected chi connectivity index (χ1v) is 12.8. The maximum Gasteiger partial charge on any atom is 0.433 e. The van der Waals surface area contributed by atoms with E-state index in [0.717, 1.165) is 18.9 Å². The SMILES string of the molecule is O=C(NCCc1ccc(C(F)(F)F)nc1C1CC1)c1ccc(Oc2cc3c(cc2Cl)C(C(=O)O)CCO3)cc1. The number of pyridine rings is 1. The highest BCUT2D eigenvalue weighted by atomic mass is 35.5. The fourth-order valence-electron chi connectivity index (χ4n) is 4.52. The van der Waals surface area contributed by atoms with Crippen LogP contribution in [0.4, 0.5) is 13.2 Å². The molecule has 1 aliphatic carbocycles. The summed E-state index contributed by atoms with van der Waals surface area (Å²) in [5.41, 5.74) is 1.14. The van der Waals surface area contributed by atoms with Gasteiger partial charge in [-0.3, -0.25) is 9.59 Å². The molecular formula is C28H24ClF3N2O5. The van der Waals surface area contributed by atoms with E-state index in [1.54, 1.807) is 30.3 Å². The van der Waals surface area contributed by atoms with Gasteiger partial charge in [0, 0.05) is 35.3 Å². The van der Waals surface area contributed by atoms with Gasteiger partial charge in [-0.2, -0.15) is 13.2 Å². The Hall–Kier alpha value is -3.79. The number of rotatable bonds is 8. The number of carbonyl (C=O) groups is 2. The van der Waals surface area contributed by atoms with Crippen LogP contribution < -0.4 is 14.8 Å². The van der Waals surface area contributed by atoms with Gasteiger partial charge in [-0.05, 0) is 67.6 Å². The van der Waals surface area contributed by atoms with E-state index < -0.39 is 23.8 Å². The largest absolute Gasteiger partial charge is 0.493 e. The van der Waals surface area contributed by atoms with E-state index in [1.807, 2.05) is 0 Å². The molecule has 1 amide bonds. The zero-order valence-electron chi connectivity index (χ0n) is 20.6. The van der Waals surface area contributed by atoms with E-state index in [1.165, 1.54) is 12.1 Å². The standard InChI is InChI=1S/C28H24ClF3N2O5/c29-21-13-20-19(27(36)37)10-12-38-22(20)14-23(21)39-18-6-3-17(4-7-18)26(35)33-11-9-16-5-8-24(28(30,31)32)34-25(16)15-1-2-15/h3-8,13-15,19H,1-2,9-12H2,(H,33,35)(H,36,37). The number of carbonyl (C=O) groups excluding carboxylic acids is 1. The van der Waals surface area contributed by atoms with Crippen molar-refractivity contribution < 1.29 is 37.3 Å². The second-order valence-corrected chi connectivity index (χ2v) is 9.90. The molecule has 0 bridgehead atoms. The Balaban J connectivity index is 1.20. The molecule has 2 aliphatic rings. The number of benzene rings is 2. The van der Waals surface area contributed by atoms with E-state index in [0.29, 0.717) is 46.7 Å². The monoisotopic (exact) mass is 560 g/mol. The molecule has 1 aliphatic heterocycles. The van der Waals surface area contributed by atoms with Gasteiger partial charge in [0.05, 0.1) is 17.5 Å². The Morgan fingerprint density at radius 1 is 1.10 bits per heavy atom. The maximum absolute atomic E-state index is 13.0. The number of aliphatic carboxylic acids is 1. The van der Waals surface area contributed by atoms with Crippen LogP contribution in [0.3, 0.4) is 0 Å². The number of aromatic nitrogens is 1. The summed E-state index contributed by atoms with van der Waals surface area (Å²) < 4.78 is 50.6. The quantitative estimate of drug-likeness (QED) is 0.333. The predicted octanol–water partition coefficient (Wildman–Crippen LogP) is 6.35. The molecule has 1 aromatic heterocycles. The first-order chi connectivity index (χ1) is 18.6. The molecule has 2 N–H and O–H groups in total. The highest BCUT2D eigenvalue weighted by molar-refractivity contribution is 6.32. The third-order valence-electron chi connectivity index (χ3n) is 6.69. The van der Waals surface area contributed by atoms with E-state index in [-0.39, 0.29) is 35.7 Å². The van der Waals surface area contributed by atoms with Gasteiger partial charge in [0.15, 0.2) is 0 Å². The van der Waals surface area contributed by atoms with Crippen LogP contribution in [0.5, 0.6) is 17.2 Å². The molecule has 7 nitrogen and oxygen atoms in total. The van der Waals surface area contributed by atoms with Crippen molar-refractivity contribution in [3.05, 3.63) is 81.6 Å². The lowest BCUT2D eigenvalue weighted by molar-refractivity contribution is -0.141. The molecule has 2 heterocycles. The number of carboxylic acids is 1. The minimum absolute atomic E-state index is 0.0410. The van der Waals surface area contributed by atoms with Crippen LogP contribution in [0, 0.1) is 0 Å². The molecule has 39 heavy (non-hydrogen) atoms. The number of nitrogens with zero attached hydrogens (tertiary/aromatic N) is 1. The number of ether oxygens (including phenoxy) is 2. The van der Waals surface area contributed by atoms with Crippen molar-refractivity contribution in [3.63, 3.8) is 0 Å². The topological polar surface area (TPSA) is 97.8 Å². The van der Waals surface area contributed by atoms with E-state index in [2.05, 4.69) is 10.3 Å². The lowest BCUT2D eigenvalue weighted by Gasteiger charge is -2.24. The number of carboxylic acid groups (broad SMARTS) is 1. The predicted molar refractivity (Wildman–Crippen MR) is 136 cm³/mol. The van der Waals surface area contributed by atoms with Crippen LogP contribution in [-0.2, 0) is 17.4 Å². The summed E-state index contributed by atoms with van der Waals surface area (Å²) in [6, 6.07) is 11.8. The van der Waals surface area contributed by atoms with E-state index >= 15 is 0 Å². The number of nitrogens with one attached hydrogen (secondary N) is 1. The van der Waals surface area contributed by atoms with Crippen LogP contribution in [0.1, 0.15) is 64.0 Å². The number of alkyl halides is 3. The zero-order chi connectivity index (χ0) is 27.7. The van der Waals surface area contributed by atoms with Crippen LogP contribution in [0.2, 0.25) is 5.02 Å².